The molecule has 2 aromatic heterocycles. The zero-order chi connectivity index (χ0) is 17.8. The van der Waals surface area contributed by atoms with Crippen molar-refractivity contribution in [2.24, 2.45) is 0 Å². The number of nitrogens with one attached hydrogen (secondary N) is 1. The highest BCUT2D eigenvalue weighted by Gasteiger charge is 2.12. The van der Waals surface area contributed by atoms with E-state index in [2.05, 4.69) is 25.4 Å². The molecule has 0 saturated heterocycles. The largest absolute Gasteiger partial charge is 0.351 e. The lowest BCUT2D eigenvalue weighted by molar-refractivity contribution is 0.0952. The van der Waals surface area contributed by atoms with Crippen LogP contribution < -0.4 is 5.32 Å². The number of benzene rings is 1. The molecule has 0 aliphatic carbocycles. The van der Waals surface area contributed by atoms with Crippen LogP contribution in [-0.2, 0) is 6.42 Å². The van der Waals surface area contributed by atoms with Crippen LogP contribution in [-0.4, -0.2) is 32.6 Å². The lowest BCUT2D eigenvalue weighted by atomic mass is 10.2. The van der Waals surface area contributed by atoms with Crippen LogP contribution in [0.25, 0.3) is 11.4 Å². The minimum atomic E-state index is -0.227. The van der Waals surface area contributed by atoms with Gasteiger partial charge in [0.2, 0.25) is 11.7 Å². The van der Waals surface area contributed by atoms with Crippen molar-refractivity contribution in [3.8, 4) is 11.4 Å². The molecule has 0 bridgehead atoms. The predicted octanol–water partition coefficient (Wildman–Crippen LogP) is 2.77. The second kappa shape index (κ2) is 7.40. The third-order valence-electron chi connectivity index (χ3n) is 3.54. The topological polar surface area (TPSA) is 93.8 Å². The fourth-order valence-corrected chi connectivity index (χ4v) is 2.38. The summed E-state index contributed by atoms with van der Waals surface area (Å²) in [5, 5.41) is 7.38. The van der Waals surface area contributed by atoms with Crippen LogP contribution in [0.5, 0.6) is 0 Å². The first-order chi connectivity index (χ1) is 12.0. The van der Waals surface area contributed by atoms with Crippen molar-refractivity contribution in [2.45, 2.75) is 20.3 Å². The second-order valence-corrected chi connectivity index (χ2v) is 5.88. The van der Waals surface area contributed by atoms with Gasteiger partial charge in [-0.1, -0.05) is 16.8 Å². The Labute approximate surface area is 149 Å². The van der Waals surface area contributed by atoms with Crippen LogP contribution in [0.3, 0.4) is 0 Å². The Hall–Kier alpha value is -2.80. The maximum Gasteiger partial charge on any atom is 0.254 e. The quantitative estimate of drug-likeness (QED) is 0.754. The monoisotopic (exact) mass is 357 g/mol. The first kappa shape index (κ1) is 17.0. The number of carbonyl (C=O) groups excluding carboxylic acids is 1. The van der Waals surface area contributed by atoms with E-state index in [1.807, 2.05) is 12.1 Å². The zero-order valence-electron chi connectivity index (χ0n) is 13.8. The van der Waals surface area contributed by atoms with Crippen LogP contribution >= 0.6 is 11.6 Å². The molecule has 8 heteroatoms. The normalized spacial score (nSPS) is 10.7. The van der Waals surface area contributed by atoms with Crippen molar-refractivity contribution in [2.75, 3.05) is 6.54 Å². The standard InChI is InChI=1S/C17H16ClN5O2/c1-10-14(9-20-11(2)21-10)17(24)19-8-7-15-22-16(23-25-15)12-3-5-13(18)6-4-12/h3-6,9H,7-8H2,1-2H3,(H,19,24). The first-order valence-electron chi connectivity index (χ1n) is 7.70. The molecule has 128 valence electrons. The smallest absolute Gasteiger partial charge is 0.254 e. The average Bonchev–Trinajstić information content (AvgIpc) is 3.04. The van der Waals surface area contributed by atoms with Crippen molar-refractivity contribution in [1.29, 1.82) is 0 Å². The third-order valence-corrected chi connectivity index (χ3v) is 3.79. The first-order valence-corrected chi connectivity index (χ1v) is 8.07. The summed E-state index contributed by atoms with van der Waals surface area (Å²) in [6.07, 6.45) is 1.95. The summed E-state index contributed by atoms with van der Waals surface area (Å²) in [4.78, 5) is 24.7. The summed E-state index contributed by atoms with van der Waals surface area (Å²) in [5.41, 5.74) is 1.92. The molecule has 0 unspecified atom stereocenters. The maximum atomic E-state index is 12.2. The fraction of sp³-hybridized carbons (Fsp3) is 0.235. The number of halogens is 1. The van der Waals surface area contributed by atoms with Gasteiger partial charge in [-0.05, 0) is 38.1 Å². The van der Waals surface area contributed by atoms with Gasteiger partial charge in [-0.15, -0.1) is 0 Å². The highest BCUT2D eigenvalue weighted by atomic mass is 35.5. The van der Waals surface area contributed by atoms with Gasteiger partial charge in [-0.3, -0.25) is 4.79 Å². The molecule has 0 saturated carbocycles. The summed E-state index contributed by atoms with van der Waals surface area (Å²) in [6, 6.07) is 7.16. The van der Waals surface area contributed by atoms with Gasteiger partial charge in [0.05, 0.1) is 11.3 Å². The molecule has 2 heterocycles. The van der Waals surface area contributed by atoms with E-state index in [1.54, 1.807) is 26.0 Å². The van der Waals surface area contributed by atoms with Crippen molar-refractivity contribution in [3.05, 3.63) is 58.5 Å². The minimum Gasteiger partial charge on any atom is -0.351 e. The molecular formula is C17H16ClN5O2. The molecular weight excluding hydrogens is 342 g/mol. The second-order valence-electron chi connectivity index (χ2n) is 5.44. The molecule has 0 radical (unpaired) electrons. The molecule has 0 fully saturated rings. The van der Waals surface area contributed by atoms with E-state index in [-0.39, 0.29) is 5.91 Å². The van der Waals surface area contributed by atoms with Crippen LogP contribution in [0.1, 0.15) is 27.8 Å². The van der Waals surface area contributed by atoms with E-state index in [0.717, 1.165) is 5.56 Å². The molecule has 3 aromatic rings. The van der Waals surface area contributed by atoms with E-state index in [0.29, 0.717) is 46.8 Å². The molecule has 0 atom stereocenters. The van der Waals surface area contributed by atoms with Crippen LogP contribution in [0.15, 0.2) is 35.0 Å². The molecule has 7 nitrogen and oxygen atoms in total. The number of aromatic nitrogens is 4. The molecule has 1 N–H and O–H groups in total. The molecule has 0 aliphatic rings. The van der Waals surface area contributed by atoms with Gasteiger partial charge in [0.15, 0.2) is 0 Å². The number of hydrogen-bond acceptors (Lipinski definition) is 6. The van der Waals surface area contributed by atoms with E-state index >= 15 is 0 Å². The van der Waals surface area contributed by atoms with Gasteiger partial charge in [-0.2, -0.15) is 4.98 Å². The van der Waals surface area contributed by atoms with Gasteiger partial charge >= 0.3 is 0 Å². The number of rotatable bonds is 5. The van der Waals surface area contributed by atoms with E-state index < -0.39 is 0 Å². The SMILES string of the molecule is Cc1ncc(C(=O)NCCc2nc(-c3ccc(Cl)cc3)no2)c(C)n1. The van der Waals surface area contributed by atoms with Gasteiger partial charge in [0, 0.05) is 29.7 Å². The molecule has 3 rings (SSSR count). The summed E-state index contributed by atoms with van der Waals surface area (Å²) in [6.45, 7) is 3.93. The van der Waals surface area contributed by atoms with Gasteiger partial charge in [0.1, 0.15) is 5.82 Å². The fourth-order valence-electron chi connectivity index (χ4n) is 2.26. The summed E-state index contributed by atoms with van der Waals surface area (Å²) in [7, 11) is 0. The van der Waals surface area contributed by atoms with Gasteiger partial charge < -0.3 is 9.84 Å². The van der Waals surface area contributed by atoms with Crippen LogP contribution in [0.2, 0.25) is 5.02 Å². The minimum absolute atomic E-state index is 0.227. The van der Waals surface area contributed by atoms with Crippen molar-refractivity contribution in [3.63, 3.8) is 0 Å². The Kier molecular flexibility index (Phi) is 5.04. The Bertz CT molecular complexity index is 892. The zero-order valence-corrected chi connectivity index (χ0v) is 14.5. The van der Waals surface area contributed by atoms with Crippen LogP contribution in [0.4, 0.5) is 0 Å². The van der Waals surface area contributed by atoms with E-state index in [4.69, 9.17) is 16.1 Å². The number of nitrogens with zero attached hydrogens (tertiary/aromatic N) is 4. The van der Waals surface area contributed by atoms with Gasteiger partial charge in [0.25, 0.3) is 5.91 Å². The number of aryl methyl sites for hydroxylation is 2. The Morgan fingerprint density at radius 3 is 2.68 bits per heavy atom. The predicted molar refractivity (Wildman–Crippen MR) is 92.3 cm³/mol. The van der Waals surface area contributed by atoms with E-state index in [1.165, 1.54) is 6.20 Å². The van der Waals surface area contributed by atoms with Crippen molar-refractivity contribution in [1.82, 2.24) is 25.4 Å². The lowest BCUT2D eigenvalue weighted by Gasteiger charge is -2.05. The van der Waals surface area contributed by atoms with Gasteiger partial charge in [-0.25, -0.2) is 9.97 Å². The highest BCUT2D eigenvalue weighted by Crippen LogP contribution is 2.18. The number of amides is 1. The summed E-state index contributed by atoms with van der Waals surface area (Å²) >= 11 is 5.86. The Balaban J connectivity index is 1.57. The van der Waals surface area contributed by atoms with Crippen LogP contribution in [0, 0.1) is 13.8 Å². The maximum absolute atomic E-state index is 12.2. The third kappa shape index (κ3) is 4.19. The van der Waals surface area contributed by atoms with Crippen molar-refractivity contribution < 1.29 is 9.32 Å². The summed E-state index contributed by atoms with van der Waals surface area (Å²) in [5.74, 6) is 1.34. The lowest BCUT2D eigenvalue weighted by Crippen LogP contribution is -2.27. The number of carbonyl (C=O) groups is 1. The summed E-state index contributed by atoms with van der Waals surface area (Å²) < 4.78 is 5.21. The molecule has 0 aliphatic heterocycles. The van der Waals surface area contributed by atoms with E-state index in [9.17, 15) is 4.79 Å². The molecule has 1 amide bonds. The average molecular weight is 358 g/mol. The molecule has 1 aromatic carbocycles. The molecule has 25 heavy (non-hydrogen) atoms. The highest BCUT2D eigenvalue weighted by molar-refractivity contribution is 6.30. The van der Waals surface area contributed by atoms with Crippen molar-refractivity contribution >= 4 is 17.5 Å². The molecule has 0 spiro atoms. The Morgan fingerprint density at radius 2 is 1.96 bits per heavy atom. The number of hydrogen-bond donors (Lipinski definition) is 1. The Morgan fingerprint density at radius 1 is 1.20 bits per heavy atom.